The van der Waals surface area contributed by atoms with Crippen LogP contribution in [0.5, 0.6) is 0 Å². The number of rotatable bonds is 3. The van der Waals surface area contributed by atoms with E-state index in [1.807, 2.05) is 24.3 Å². The number of halogens is 1. The van der Waals surface area contributed by atoms with Gasteiger partial charge in [-0.1, -0.05) is 23.7 Å². The summed E-state index contributed by atoms with van der Waals surface area (Å²) in [5.74, 6) is 0.699. The Morgan fingerprint density at radius 1 is 1.26 bits per heavy atom. The summed E-state index contributed by atoms with van der Waals surface area (Å²) in [5, 5.41) is 5.05. The van der Waals surface area contributed by atoms with Crippen LogP contribution in [0.2, 0.25) is 5.02 Å². The number of benzene rings is 1. The average Bonchev–Trinajstić information content (AvgIpc) is 2.79. The Bertz CT molecular complexity index is 751. The Hall–Kier alpha value is -2.20. The Morgan fingerprint density at radius 3 is 2.95 bits per heavy atom. The molecule has 0 saturated heterocycles. The smallest absolute Gasteiger partial charge is 0.156 e. The number of nitrogens with zero attached hydrogens (tertiary/aromatic N) is 3. The second-order valence-electron chi connectivity index (χ2n) is 4.22. The number of fused-ring (bicyclic) bond motifs is 1. The minimum absolute atomic E-state index is 0.576. The standard InChI is InChI=1S/C14H10ClN3O/c15-12-3-1-2-10(6-12)7-13-16-14-5-4-11(9-19)8-18(14)17-13/h1-6,8-9H,7H2. The first-order chi connectivity index (χ1) is 9.24. The van der Waals surface area contributed by atoms with Crippen molar-refractivity contribution in [1.29, 1.82) is 0 Å². The van der Waals surface area contributed by atoms with Gasteiger partial charge in [0.15, 0.2) is 17.8 Å². The van der Waals surface area contributed by atoms with Gasteiger partial charge < -0.3 is 0 Å². The van der Waals surface area contributed by atoms with E-state index < -0.39 is 0 Å². The molecule has 19 heavy (non-hydrogen) atoms. The molecule has 4 nitrogen and oxygen atoms in total. The molecule has 0 amide bonds. The van der Waals surface area contributed by atoms with E-state index in [4.69, 9.17) is 11.6 Å². The fourth-order valence-electron chi connectivity index (χ4n) is 1.92. The maximum Gasteiger partial charge on any atom is 0.156 e. The molecule has 0 radical (unpaired) electrons. The minimum atomic E-state index is 0.576. The minimum Gasteiger partial charge on any atom is -0.298 e. The second-order valence-corrected chi connectivity index (χ2v) is 4.65. The van der Waals surface area contributed by atoms with Crippen LogP contribution in [-0.2, 0) is 6.42 Å². The zero-order valence-corrected chi connectivity index (χ0v) is 10.7. The number of aldehydes is 1. The van der Waals surface area contributed by atoms with E-state index >= 15 is 0 Å². The first-order valence-corrected chi connectivity index (χ1v) is 6.17. The van der Waals surface area contributed by atoms with Crippen molar-refractivity contribution in [3.05, 3.63) is 64.6 Å². The van der Waals surface area contributed by atoms with Crippen LogP contribution in [0.1, 0.15) is 21.7 Å². The molecule has 1 aromatic carbocycles. The average molecular weight is 272 g/mol. The van der Waals surface area contributed by atoms with Gasteiger partial charge in [0.1, 0.15) is 0 Å². The maximum absolute atomic E-state index is 10.7. The summed E-state index contributed by atoms with van der Waals surface area (Å²) in [4.78, 5) is 15.1. The van der Waals surface area contributed by atoms with E-state index in [0.717, 1.165) is 17.5 Å². The van der Waals surface area contributed by atoms with Gasteiger partial charge in [0.05, 0.1) is 0 Å². The molecule has 2 aromatic heterocycles. The van der Waals surface area contributed by atoms with Crippen molar-refractivity contribution in [2.45, 2.75) is 6.42 Å². The van der Waals surface area contributed by atoms with Crippen LogP contribution >= 0.6 is 11.6 Å². The monoisotopic (exact) mass is 271 g/mol. The van der Waals surface area contributed by atoms with Crippen LogP contribution < -0.4 is 0 Å². The summed E-state index contributed by atoms with van der Waals surface area (Å²) in [6.07, 6.45) is 3.06. The third-order valence-electron chi connectivity index (χ3n) is 2.79. The van der Waals surface area contributed by atoms with E-state index in [-0.39, 0.29) is 0 Å². The molecule has 2 heterocycles. The summed E-state index contributed by atoms with van der Waals surface area (Å²) in [5.41, 5.74) is 2.35. The van der Waals surface area contributed by atoms with Gasteiger partial charge in [-0.25, -0.2) is 9.50 Å². The molecule has 0 unspecified atom stereocenters. The topological polar surface area (TPSA) is 47.3 Å². The third kappa shape index (κ3) is 2.48. The molecule has 0 saturated carbocycles. The second kappa shape index (κ2) is 4.82. The Labute approximate surface area is 114 Å². The van der Waals surface area contributed by atoms with Crippen LogP contribution in [0.15, 0.2) is 42.6 Å². The highest BCUT2D eigenvalue weighted by Gasteiger charge is 2.05. The zero-order chi connectivity index (χ0) is 13.2. The fraction of sp³-hybridized carbons (Fsp3) is 0.0714. The number of pyridine rings is 1. The number of hydrogen-bond donors (Lipinski definition) is 0. The normalized spacial score (nSPS) is 10.8. The number of hydrogen-bond acceptors (Lipinski definition) is 3. The fourth-order valence-corrected chi connectivity index (χ4v) is 2.13. The van der Waals surface area contributed by atoms with Crippen LogP contribution in [-0.4, -0.2) is 20.9 Å². The summed E-state index contributed by atoms with van der Waals surface area (Å²) >= 11 is 5.94. The van der Waals surface area contributed by atoms with Crippen molar-refractivity contribution in [2.75, 3.05) is 0 Å². The molecule has 0 N–H and O–H groups in total. The zero-order valence-electron chi connectivity index (χ0n) is 9.95. The van der Waals surface area contributed by atoms with Crippen molar-refractivity contribution < 1.29 is 4.79 Å². The lowest BCUT2D eigenvalue weighted by molar-refractivity contribution is 0.112. The van der Waals surface area contributed by atoms with Crippen molar-refractivity contribution in [3.63, 3.8) is 0 Å². The molecule has 0 fully saturated rings. The van der Waals surface area contributed by atoms with Gasteiger partial charge in [0, 0.05) is 23.2 Å². The van der Waals surface area contributed by atoms with Gasteiger partial charge in [-0.15, -0.1) is 0 Å². The molecule has 3 aromatic rings. The third-order valence-corrected chi connectivity index (χ3v) is 3.02. The molecule has 0 bridgehead atoms. The first-order valence-electron chi connectivity index (χ1n) is 5.79. The molecular weight excluding hydrogens is 262 g/mol. The van der Waals surface area contributed by atoms with Gasteiger partial charge in [0.25, 0.3) is 0 Å². The molecule has 0 atom stereocenters. The lowest BCUT2D eigenvalue weighted by atomic mass is 10.1. The van der Waals surface area contributed by atoms with Gasteiger partial charge >= 0.3 is 0 Å². The van der Waals surface area contributed by atoms with Crippen LogP contribution in [0, 0.1) is 0 Å². The largest absolute Gasteiger partial charge is 0.298 e. The molecule has 0 aliphatic carbocycles. The summed E-state index contributed by atoms with van der Waals surface area (Å²) in [6, 6.07) is 11.1. The molecule has 5 heteroatoms. The Morgan fingerprint density at radius 2 is 2.16 bits per heavy atom. The van der Waals surface area contributed by atoms with Gasteiger partial charge in [0.2, 0.25) is 0 Å². The lowest BCUT2D eigenvalue weighted by Crippen LogP contribution is -1.93. The summed E-state index contributed by atoms with van der Waals surface area (Å²) in [7, 11) is 0. The van der Waals surface area contributed by atoms with Crippen molar-refractivity contribution >= 4 is 23.5 Å². The summed E-state index contributed by atoms with van der Waals surface area (Å²) < 4.78 is 1.61. The van der Waals surface area contributed by atoms with E-state index in [0.29, 0.717) is 22.8 Å². The van der Waals surface area contributed by atoms with Crippen LogP contribution in [0.4, 0.5) is 0 Å². The molecular formula is C14H10ClN3O. The van der Waals surface area contributed by atoms with Crippen molar-refractivity contribution in [2.24, 2.45) is 0 Å². The Balaban J connectivity index is 1.95. The van der Waals surface area contributed by atoms with Gasteiger partial charge in [-0.05, 0) is 29.8 Å². The Kier molecular flexibility index (Phi) is 3.01. The van der Waals surface area contributed by atoms with E-state index in [9.17, 15) is 4.79 Å². The van der Waals surface area contributed by atoms with E-state index in [1.54, 1.807) is 22.8 Å². The van der Waals surface area contributed by atoms with Crippen molar-refractivity contribution in [1.82, 2.24) is 14.6 Å². The van der Waals surface area contributed by atoms with Gasteiger partial charge in [-0.2, -0.15) is 5.10 Å². The van der Waals surface area contributed by atoms with E-state index in [2.05, 4.69) is 10.1 Å². The van der Waals surface area contributed by atoms with E-state index in [1.165, 1.54) is 0 Å². The molecule has 0 spiro atoms. The molecule has 0 aliphatic rings. The first kappa shape index (κ1) is 11.9. The highest BCUT2D eigenvalue weighted by Crippen LogP contribution is 2.14. The predicted molar refractivity (Wildman–Crippen MR) is 72.6 cm³/mol. The molecule has 94 valence electrons. The van der Waals surface area contributed by atoms with Crippen LogP contribution in [0.3, 0.4) is 0 Å². The highest BCUT2D eigenvalue weighted by molar-refractivity contribution is 6.30. The quantitative estimate of drug-likeness (QED) is 0.688. The lowest BCUT2D eigenvalue weighted by Gasteiger charge is -1.97. The SMILES string of the molecule is O=Cc1ccc2nc(Cc3cccc(Cl)c3)nn2c1. The molecule has 3 rings (SSSR count). The number of aromatic nitrogens is 3. The molecule has 0 aliphatic heterocycles. The summed E-state index contributed by atoms with van der Waals surface area (Å²) in [6.45, 7) is 0. The number of carbonyl (C=O) groups excluding carboxylic acids is 1. The predicted octanol–water partition coefficient (Wildman–Crippen LogP) is 2.79. The van der Waals surface area contributed by atoms with Crippen LogP contribution in [0.25, 0.3) is 5.65 Å². The van der Waals surface area contributed by atoms with Crippen molar-refractivity contribution in [3.8, 4) is 0 Å². The highest BCUT2D eigenvalue weighted by atomic mass is 35.5. The van der Waals surface area contributed by atoms with Gasteiger partial charge in [-0.3, -0.25) is 4.79 Å². The number of carbonyl (C=O) groups is 1. The maximum atomic E-state index is 10.7.